The van der Waals surface area contributed by atoms with E-state index in [0.717, 1.165) is 32.2 Å². The Kier molecular flexibility index (Phi) is 7.00. The molecule has 8 heteroatoms. The molecule has 34 heavy (non-hydrogen) atoms. The molecule has 4 rings (SSSR count). The monoisotopic (exact) mass is 479 g/mol. The van der Waals surface area contributed by atoms with Gasteiger partial charge in [0.1, 0.15) is 29.7 Å². The molecule has 176 valence electrons. The van der Waals surface area contributed by atoms with Crippen LogP contribution in [0.3, 0.4) is 0 Å². The number of fused-ring (bicyclic) bond motifs is 1. The van der Waals surface area contributed by atoms with Gasteiger partial charge in [0.05, 0.1) is 5.69 Å². The fourth-order valence-corrected chi connectivity index (χ4v) is 4.64. The molecule has 0 aliphatic carbocycles. The van der Waals surface area contributed by atoms with Crippen LogP contribution < -0.4 is 9.04 Å². The van der Waals surface area contributed by atoms with Crippen LogP contribution in [0.1, 0.15) is 19.6 Å². The lowest BCUT2D eigenvalue weighted by atomic mass is 10.0. The molecule has 1 heterocycles. The van der Waals surface area contributed by atoms with Crippen molar-refractivity contribution in [3.63, 3.8) is 0 Å². The van der Waals surface area contributed by atoms with Gasteiger partial charge >= 0.3 is 5.97 Å². The summed E-state index contributed by atoms with van der Waals surface area (Å²) in [5, 5.41) is 10.6. The molecule has 0 saturated carbocycles. The van der Waals surface area contributed by atoms with Crippen LogP contribution >= 0.6 is 0 Å². The van der Waals surface area contributed by atoms with Gasteiger partial charge in [0.2, 0.25) is 0 Å². The lowest BCUT2D eigenvalue weighted by molar-refractivity contribution is -0.139. The fourth-order valence-electron chi connectivity index (χ4n) is 3.81. The zero-order valence-electron chi connectivity index (χ0n) is 18.8. The summed E-state index contributed by atoms with van der Waals surface area (Å²) in [5.41, 5.74) is 2.99. The number of furan rings is 1. The summed E-state index contributed by atoms with van der Waals surface area (Å²) in [5.74, 6) is -0.0724. The van der Waals surface area contributed by atoms with Crippen molar-refractivity contribution in [3.8, 4) is 16.9 Å². The van der Waals surface area contributed by atoms with Crippen LogP contribution in [0.5, 0.6) is 5.75 Å². The second-order valence-corrected chi connectivity index (χ2v) is 9.05. The van der Waals surface area contributed by atoms with Gasteiger partial charge in [-0.15, -0.1) is 0 Å². The first-order valence-corrected chi connectivity index (χ1v) is 11.8. The van der Waals surface area contributed by atoms with Crippen molar-refractivity contribution in [3.05, 3.63) is 84.6 Å². The van der Waals surface area contributed by atoms with Crippen LogP contribution in [0.2, 0.25) is 0 Å². The van der Waals surface area contributed by atoms with E-state index in [1.54, 1.807) is 38.1 Å². The first-order valence-electron chi connectivity index (χ1n) is 10.8. The molecule has 0 amide bonds. The van der Waals surface area contributed by atoms with E-state index in [1.165, 1.54) is 0 Å². The van der Waals surface area contributed by atoms with E-state index in [9.17, 15) is 18.7 Å². The lowest BCUT2D eigenvalue weighted by Gasteiger charge is -2.29. The molecule has 0 radical (unpaired) electrons. The van der Waals surface area contributed by atoms with E-state index in [2.05, 4.69) is 0 Å². The largest absolute Gasteiger partial charge is 0.486 e. The molecule has 2 atom stereocenters. The van der Waals surface area contributed by atoms with Gasteiger partial charge in [-0.2, -0.15) is 0 Å². The Bertz CT molecular complexity index is 1260. The number of nitrogens with zero attached hydrogens (tertiary/aromatic N) is 1. The van der Waals surface area contributed by atoms with Crippen molar-refractivity contribution < 1.29 is 27.8 Å². The number of hydrogen-bond donors (Lipinski definition) is 2. The Morgan fingerprint density at radius 1 is 1.00 bits per heavy atom. The number of anilines is 1. The highest BCUT2D eigenvalue weighted by molar-refractivity contribution is 7.80. The van der Waals surface area contributed by atoms with Gasteiger partial charge < -0.3 is 14.3 Å². The summed E-state index contributed by atoms with van der Waals surface area (Å²) in [7, 11) is 0. The second kappa shape index (κ2) is 10.1. The quantitative estimate of drug-likeness (QED) is 0.297. The zero-order valence-corrected chi connectivity index (χ0v) is 19.6. The number of ether oxygens (including phenoxy) is 1. The highest BCUT2D eigenvalue weighted by atomic mass is 32.2. The fraction of sp³-hybridized carbons (Fsp3) is 0.192. The highest BCUT2D eigenvalue weighted by Gasteiger charge is 2.32. The number of para-hydroxylation sites is 1. The minimum atomic E-state index is -2.48. The smallest absolute Gasteiger partial charge is 0.327 e. The van der Waals surface area contributed by atoms with Crippen LogP contribution in [0.4, 0.5) is 5.69 Å². The third kappa shape index (κ3) is 5.13. The zero-order chi connectivity index (χ0) is 24.2. The summed E-state index contributed by atoms with van der Waals surface area (Å²) in [4.78, 5) is 11.7. The van der Waals surface area contributed by atoms with Gasteiger partial charge in [-0.25, -0.2) is 9.00 Å². The molecular formula is C26H25NO6S. The summed E-state index contributed by atoms with van der Waals surface area (Å²) >= 11 is -2.48. The number of carbonyl (C=O) groups is 1. The summed E-state index contributed by atoms with van der Waals surface area (Å²) < 4.78 is 34.3. The van der Waals surface area contributed by atoms with Crippen molar-refractivity contribution in [2.45, 2.75) is 26.5 Å². The number of rotatable bonds is 9. The number of benzene rings is 3. The third-order valence-corrected chi connectivity index (χ3v) is 6.25. The normalized spacial score (nSPS) is 13.1. The van der Waals surface area contributed by atoms with E-state index in [1.807, 2.05) is 54.6 Å². The maximum Gasteiger partial charge on any atom is 0.327 e. The van der Waals surface area contributed by atoms with Gasteiger partial charge in [-0.1, -0.05) is 56.3 Å². The molecule has 0 bridgehead atoms. The maximum absolute atomic E-state index is 11.9. The Morgan fingerprint density at radius 2 is 1.62 bits per heavy atom. The average Bonchev–Trinajstić information content (AvgIpc) is 3.24. The molecule has 2 N–H and O–H groups in total. The van der Waals surface area contributed by atoms with E-state index in [-0.39, 0.29) is 5.92 Å². The van der Waals surface area contributed by atoms with Gasteiger partial charge in [0.25, 0.3) is 11.3 Å². The molecule has 0 saturated heterocycles. The standard InChI is InChI=1S/C26H25NO6S/c1-17(2)25(26(28)29)27(34(30)31)21-11-7-18(8-12-21)19-9-13-22(14-10-19)32-16-23-15-20-5-3-4-6-24(20)33-23/h3-15,17,25H,16H2,1-2H3,(H,28,29)(H,30,31). The summed E-state index contributed by atoms with van der Waals surface area (Å²) in [6.07, 6.45) is 0. The summed E-state index contributed by atoms with van der Waals surface area (Å²) in [6.45, 7) is 3.72. The topological polar surface area (TPSA) is 100 Å². The van der Waals surface area contributed by atoms with E-state index < -0.39 is 23.3 Å². The Labute approximate surface area is 200 Å². The number of aliphatic carboxylic acids is 1. The predicted molar refractivity (Wildman–Crippen MR) is 132 cm³/mol. The van der Waals surface area contributed by atoms with Crippen molar-refractivity contribution in [2.24, 2.45) is 5.92 Å². The molecule has 1 aromatic heterocycles. The molecule has 4 aromatic rings. The number of hydrogen-bond acceptors (Lipinski definition) is 4. The van der Waals surface area contributed by atoms with Gasteiger partial charge in [-0.3, -0.25) is 8.86 Å². The Morgan fingerprint density at radius 3 is 2.18 bits per heavy atom. The van der Waals surface area contributed by atoms with Crippen molar-refractivity contribution in [1.29, 1.82) is 0 Å². The van der Waals surface area contributed by atoms with E-state index in [0.29, 0.717) is 18.0 Å². The molecule has 3 aromatic carbocycles. The van der Waals surface area contributed by atoms with E-state index in [4.69, 9.17) is 9.15 Å². The first-order chi connectivity index (χ1) is 16.3. The first kappa shape index (κ1) is 23.5. The van der Waals surface area contributed by atoms with Crippen LogP contribution in [0, 0.1) is 5.92 Å². The minimum Gasteiger partial charge on any atom is -0.486 e. The van der Waals surface area contributed by atoms with Crippen molar-refractivity contribution in [1.82, 2.24) is 0 Å². The van der Waals surface area contributed by atoms with Crippen molar-refractivity contribution >= 4 is 33.9 Å². The van der Waals surface area contributed by atoms with Gasteiger partial charge in [-0.05, 0) is 53.4 Å². The second-order valence-electron chi connectivity index (χ2n) is 8.19. The SMILES string of the molecule is CC(C)C(C(=O)O)N(c1ccc(-c2ccc(OCc3cc4ccccc4o3)cc2)cc1)S(=O)O. The predicted octanol–water partition coefficient (Wildman–Crippen LogP) is 5.73. The van der Waals surface area contributed by atoms with Gasteiger partial charge in [0, 0.05) is 5.39 Å². The highest BCUT2D eigenvalue weighted by Crippen LogP contribution is 2.28. The third-order valence-electron chi connectivity index (χ3n) is 5.47. The Hall–Kier alpha value is -3.62. The molecule has 0 spiro atoms. The molecular weight excluding hydrogens is 454 g/mol. The lowest BCUT2D eigenvalue weighted by Crippen LogP contribution is -2.45. The molecule has 0 aliphatic heterocycles. The molecule has 2 unspecified atom stereocenters. The minimum absolute atomic E-state index is 0.317. The number of carboxylic acid groups (broad SMARTS) is 1. The van der Waals surface area contributed by atoms with Crippen LogP contribution in [-0.2, 0) is 22.7 Å². The van der Waals surface area contributed by atoms with E-state index >= 15 is 0 Å². The van der Waals surface area contributed by atoms with Gasteiger partial charge in [0.15, 0.2) is 0 Å². The van der Waals surface area contributed by atoms with Crippen LogP contribution in [-0.4, -0.2) is 25.9 Å². The van der Waals surface area contributed by atoms with Crippen molar-refractivity contribution in [2.75, 3.05) is 4.31 Å². The Balaban J connectivity index is 1.46. The molecule has 7 nitrogen and oxygen atoms in total. The van der Waals surface area contributed by atoms with Crippen LogP contribution in [0.25, 0.3) is 22.1 Å². The van der Waals surface area contributed by atoms with Crippen LogP contribution in [0.15, 0.2) is 83.3 Å². The number of carboxylic acids is 1. The molecule has 0 fully saturated rings. The summed E-state index contributed by atoms with van der Waals surface area (Å²) in [6, 6.07) is 23.1. The molecule has 0 aliphatic rings. The maximum atomic E-state index is 11.9. The average molecular weight is 480 g/mol.